The van der Waals surface area contributed by atoms with E-state index in [1.54, 1.807) is 55.6 Å². The van der Waals surface area contributed by atoms with Crippen LogP contribution in [-0.2, 0) is 0 Å². The molecule has 2 aromatic carbocycles. The van der Waals surface area contributed by atoms with Crippen LogP contribution in [0.1, 0.15) is 0 Å². The zero-order chi connectivity index (χ0) is 17.6. The fourth-order valence-corrected chi connectivity index (χ4v) is 2.20. The smallest absolute Gasteiger partial charge is 0.320 e. The van der Waals surface area contributed by atoms with E-state index in [1.165, 1.54) is 0 Å². The number of carbonyl (C=O) groups is 1. The lowest BCUT2D eigenvalue weighted by Gasteiger charge is -2.27. The van der Waals surface area contributed by atoms with Crippen molar-refractivity contribution in [3.63, 3.8) is 0 Å². The number of nitrogens with one attached hydrogen (secondary N) is 3. The predicted molar refractivity (Wildman–Crippen MR) is 99.3 cm³/mol. The molecule has 8 heteroatoms. The van der Waals surface area contributed by atoms with Crippen LogP contribution in [0.3, 0.4) is 0 Å². The Balaban J connectivity index is 2.03. The fraction of sp³-hybridized carbons (Fsp3) is 0.188. The Morgan fingerprint density at radius 1 is 1.00 bits per heavy atom. The summed E-state index contributed by atoms with van der Waals surface area (Å²) in [6.45, 7) is 0. The monoisotopic (exact) mass is 387 g/mol. The van der Waals surface area contributed by atoms with Crippen LogP contribution in [0.4, 0.5) is 16.2 Å². The van der Waals surface area contributed by atoms with Gasteiger partial charge in [-0.3, -0.25) is 0 Å². The van der Waals surface area contributed by atoms with Crippen molar-refractivity contribution in [3.8, 4) is 5.75 Å². The molecule has 0 unspecified atom stereocenters. The Morgan fingerprint density at radius 2 is 1.62 bits per heavy atom. The summed E-state index contributed by atoms with van der Waals surface area (Å²) in [6.07, 6.45) is -0.945. The number of hydrogen-bond donors (Lipinski definition) is 3. The maximum atomic E-state index is 12.1. The van der Waals surface area contributed by atoms with Crippen LogP contribution in [-0.4, -0.2) is 23.1 Å². The third-order valence-corrected chi connectivity index (χ3v) is 3.69. The normalized spacial score (nSPS) is 12.2. The lowest BCUT2D eigenvalue weighted by Crippen LogP contribution is -2.50. The number of ether oxygens (including phenoxy) is 1. The second kappa shape index (κ2) is 8.33. The summed E-state index contributed by atoms with van der Waals surface area (Å²) in [7, 11) is 1.57. The minimum Gasteiger partial charge on any atom is -0.497 e. The molecule has 0 heterocycles. The number of anilines is 2. The van der Waals surface area contributed by atoms with Gasteiger partial charge in [-0.1, -0.05) is 53.0 Å². The molecular weight excluding hydrogens is 373 g/mol. The van der Waals surface area contributed by atoms with Gasteiger partial charge in [-0.15, -0.1) is 0 Å². The van der Waals surface area contributed by atoms with Gasteiger partial charge in [0.25, 0.3) is 0 Å². The van der Waals surface area contributed by atoms with E-state index in [-0.39, 0.29) is 0 Å². The molecule has 0 aliphatic rings. The SMILES string of the molecule is COc1ccc(N[C@H](NC(=O)Nc2ccccc2)C(Cl)(Cl)Cl)cc1. The Labute approximate surface area is 155 Å². The zero-order valence-corrected chi connectivity index (χ0v) is 15.0. The number of hydrogen-bond acceptors (Lipinski definition) is 3. The Morgan fingerprint density at radius 3 is 2.17 bits per heavy atom. The van der Waals surface area contributed by atoms with E-state index in [4.69, 9.17) is 39.5 Å². The number of methoxy groups -OCH3 is 1. The van der Waals surface area contributed by atoms with Gasteiger partial charge >= 0.3 is 6.03 Å². The van der Waals surface area contributed by atoms with Gasteiger partial charge in [0.1, 0.15) is 11.9 Å². The molecule has 0 aliphatic carbocycles. The maximum Gasteiger partial charge on any atom is 0.320 e. The minimum absolute atomic E-state index is 0.501. The van der Waals surface area contributed by atoms with Crippen molar-refractivity contribution in [2.75, 3.05) is 17.7 Å². The van der Waals surface area contributed by atoms with Gasteiger partial charge in [-0.25, -0.2) is 4.79 Å². The Bertz CT molecular complexity index is 661. The molecule has 2 aromatic rings. The number of carbonyl (C=O) groups excluding carboxylic acids is 1. The third kappa shape index (κ3) is 5.67. The lowest BCUT2D eigenvalue weighted by atomic mass is 10.3. The van der Waals surface area contributed by atoms with E-state index in [1.807, 2.05) is 6.07 Å². The molecule has 0 fully saturated rings. The predicted octanol–water partition coefficient (Wildman–Crippen LogP) is 4.63. The molecule has 0 spiro atoms. The van der Waals surface area contributed by atoms with Gasteiger partial charge in [-0.2, -0.15) is 0 Å². The highest BCUT2D eigenvalue weighted by Crippen LogP contribution is 2.31. The molecule has 0 aliphatic heterocycles. The van der Waals surface area contributed by atoms with Gasteiger partial charge in [0.05, 0.1) is 7.11 Å². The van der Waals surface area contributed by atoms with Crippen LogP contribution >= 0.6 is 34.8 Å². The molecule has 1 atom stereocenters. The van der Waals surface area contributed by atoms with Gasteiger partial charge in [-0.05, 0) is 36.4 Å². The standard InChI is InChI=1S/C16H16Cl3N3O2/c1-24-13-9-7-12(8-10-13)20-14(16(17,18)19)22-15(23)21-11-5-3-2-4-6-11/h2-10,14,20H,1H3,(H2,21,22,23)/t14-/m1/s1. The lowest BCUT2D eigenvalue weighted by molar-refractivity contribution is 0.249. The van der Waals surface area contributed by atoms with Crippen molar-refractivity contribution in [1.82, 2.24) is 5.32 Å². The molecule has 0 bridgehead atoms. The van der Waals surface area contributed by atoms with Crippen LogP contribution in [0.25, 0.3) is 0 Å². The molecule has 2 rings (SSSR count). The second-order valence-electron chi connectivity index (χ2n) is 4.81. The number of urea groups is 1. The van der Waals surface area contributed by atoms with E-state index in [0.717, 1.165) is 0 Å². The van der Waals surface area contributed by atoms with Crippen LogP contribution in [0.5, 0.6) is 5.75 Å². The summed E-state index contributed by atoms with van der Waals surface area (Å²) in [5.74, 6) is 0.695. The molecule has 3 N–H and O–H groups in total. The van der Waals surface area contributed by atoms with E-state index >= 15 is 0 Å². The first kappa shape index (κ1) is 18.5. The van der Waals surface area contributed by atoms with Crippen molar-refractivity contribution < 1.29 is 9.53 Å². The van der Waals surface area contributed by atoms with E-state index < -0.39 is 16.0 Å². The summed E-state index contributed by atoms with van der Waals surface area (Å²) in [4.78, 5) is 12.1. The number of benzene rings is 2. The second-order valence-corrected chi connectivity index (χ2v) is 7.18. The van der Waals surface area contributed by atoms with Crippen LogP contribution in [0.2, 0.25) is 0 Å². The highest BCUT2D eigenvalue weighted by molar-refractivity contribution is 6.68. The highest BCUT2D eigenvalue weighted by atomic mass is 35.6. The average molecular weight is 389 g/mol. The molecule has 24 heavy (non-hydrogen) atoms. The molecule has 0 saturated carbocycles. The van der Waals surface area contributed by atoms with Crippen molar-refractivity contribution in [2.24, 2.45) is 0 Å². The Kier molecular flexibility index (Phi) is 6.43. The number of para-hydroxylation sites is 1. The zero-order valence-electron chi connectivity index (χ0n) is 12.7. The topological polar surface area (TPSA) is 62.4 Å². The largest absolute Gasteiger partial charge is 0.497 e. The van der Waals surface area contributed by atoms with E-state index in [9.17, 15) is 4.79 Å². The van der Waals surface area contributed by atoms with Gasteiger partial charge < -0.3 is 20.7 Å². The van der Waals surface area contributed by atoms with Crippen molar-refractivity contribution >= 4 is 52.2 Å². The first-order valence-electron chi connectivity index (χ1n) is 6.98. The van der Waals surface area contributed by atoms with Crippen molar-refractivity contribution in [1.29, 1.82) is 0 Å². The van der Waals surface area contributed by atoms with Crippen LogP contribution < -0.4 is 20.7 Å². The van der Waals surface area contributed by atoms with Crippen LogP contribution in [0.15, 0.2) is 54.6 Å². The molecule has 128 valence electrons. The molecular formula is C16H16Cl3N3O2. The first-order chi connectivity index (χ1) is 11.4. The number of amides is 2. The maximum absolute atomic E-state index is 12.1. The summed E-state index contributed by atoms with van der Waals surface area (Å²) in [6, 6.07) is 15.5. The highest BCUT2D eigenvalue weighted by Gasteiger charge is 2.34. The quantitative estimate of drug-likeness (QED) is 0.517. The summed E-state index contributed by atoms with van der Waals surface area (Å²) >= 11 is 17.9. The van der Waals surface area contributed by atoms with Gasteiger partial charge in [0.2, 0.25) is 3.79 Å². The third-order valence-electron chi connectivity index (χ3n) is 3.04. The number of halogens is 3. The summed E-state index contributed by atoms with van der Waals surface area (Å²) in [5, 5.41) is 8.22. The van der Waals surface area contributed by atoms with Crippen LogP contribution in [0, 0.1) is 0 Å². The number of alkyl halides is 3. The van der Waals surface area contributed by atoms with Gasteiger partial charge in [0.15, 0.2) is 0 Å². The molecule has 0 saturated heterocycles. The van der Waals surface area contributed by atoms with E-state index in [2.05, 4.69) is 16.0 Å². The molecule has 5 nitrogen and oxygen atoms in total. The minimum atomic E-state index is -1.76. The number of rotatable bonds is 5. The first-order valence-corrected chi connectivity index (χ1v) is 8.12. The Hall–Kier alpha value is -1.82. The average Bonchev–Trinajstić information content (AvgIpc) is 2.55. The van der Waals surface area contributed by atoms with Crippen molar-refractivity contribution in [3.05, 3.63) is 54.6 Å². The van der Waals surface area contributed by atoms with E-state index in [0.29, 0.717) is 17.1 Å². The van der Waals surface area contributed by atoms with Crippen molar-refractivity contribution in [2.45, 2.75) is 9.96 Å². The molecule has 0 radical (unpaired) electrons. The fourth-order valence-electron chi connectivity index (χ4n) is 1.87. The summed E-state index contributed by atoms with van der Waals surface area (Å²) < 4.78 is 3.33. The van der Waals surface area contributed by atoms with Gasteiger partial charge in [0, 0.05) is 11.4 Å². The molecule has 2 amide bonds. The molecule has 0 aromatic heterocycles. The summed E-state index contributed by atoms with van der Waals surface area (Å²) in [5.41, 5.74) is 1.29.